The molecule has 6 heteroatoms. The topological polar surface area (TPSA) is 79.5 Å². The number of hydrogen-bond acceptors (Lipinski definition) is 4. The number of rotatable bonds is 8. The molecule has 3 N–H and O–H groups in total. The second-order valence-corrected chi connectivity index (χ2v) is 4.70. The molecule has 0 bridgehead atoms. The number of hydrogen-bond donors (Lipinski definition) is 3. The van der Waals surface area contributed by atoms with Crippen LogP contribution in [0.4, 0.5) is 0 Å². The Morgan fingerprint density at radius 3 is 2.63 bits per heavy atom. The summed E-state index contributed by atoms with van der Waals surface area (Å²) >= 11 is 0. The molecule has 2 unspecified atom stereocenters. The van der Waals surface area contributed by atoms with Gasteiger partial charge in [0, 0.05) is 25.6 Å². The summed E-state index contributed by atoms with van der Waals surface area (Å²) in [6, 6.07) is 0.0874. The van der Waals surface area contributed by atoms with Crippen molar-refractivity contribution in [1.82, 2.24) is 16.0 Å². The highest BCUT2D eigenvalue weighted by atomic mass is 16.5. The summed E-state index contributed by atoms with van der Waals surface area (Å²) in [7, 11) is 0. The fourth-order valence-electron chi connectivity index (χ4n) is 2.06. The maximum absolute atomic E-state index is 12.0. The Kier molecular flexibility index (Phi) is 7.43. The van der Waals surface area contributed by atoms with E-state index in [1.54, 1.807) is 0 Å². The van der Waals surface area contributed by atoms with Crippen molar-refractivity contribution in [2.45, 2.75) is 32.7 Å². The van der Waals surface area contributed by atoms with Gasteiger partial charge in [-0.1, -0.05) is 6.92 Å². The summed E-state index contributed by atoms with van der Waals surface area (Å²) in [5.41, 5.74) is 0. The minimum Gasteiger partial charge on any atom is -0.379 e. The molecular weight excluding hydrogens is 246 g/mol. The third kappa shape index (κ3) is 5.57. The number of nitrogens with one attached hydrogen (secondary N) is 3. The van der Waals surface area contributed by atoms with E-state index in [1.165, 1.54) is 0 Å². The zero-order chi connectivity index (χ0) is 14.1. The average Bonchev–Trinajstić information content (AvgIpc) is 2.84. The minimum atomic E-state index is -0.152. The largest absolute Gasteiger partial charge is 0.379 e. The molecule has 0 aliphatic carbocycles. The molecule has 1 aliphatic rings. The Bertz CT molecular complexity index is 297. The average molecular weight is 271 g/mol. The fraction of sp³-hybridized carbons (Fsp3) is 0.846. The number of ether oxygens (including phenoxy) is 1. The van der Waals surface area contributed by atoms with Crippen LogP contribution in [0.1, 0.15) is 26.7 Å². The molecular formula is C13H25N3O3. The summed E-state index contributed by atoms with van der Waals surface area (Å²) in [5, 5.41) is 8.82. The van der Waals surface area contributed by atoms with Crippen LogP contribution >= 0.6 is 0 Å². The predicted molar refractivity (Wildman–Crippen MR) is 72.7 cm³/mol. The van der Waals surface area contributed by atoms with Gasteiger partial charge in [-0.05, 0) is 19.9 Å². The Labute approximate surface area is 114 Å². The molecule has 0 aromatic rings. The number of carbonyl (C=O) groups is 2. The standard InChI is InChI=1S/C13H25N3O3/c1-3-6-15-11-9-19-8-10(11)13(18)16-7-5-12(17)14-4-2/h10-11,15H,3-9H2,1-2H3,(H,14,17)(H,16,18). The summed E-state index contributed by atoms with van der Waals surface area (Å²) < 4.78 is 5.35. The minimum absolute atomic E-state index is 0.0320. The van der Waals surface area contributed by atoms with Crippen molar-refractivity contribution in [3.63, 3.8) is 0 Å². The van der Waals surface area contributed by atoms with Crippen molar-refractivity contribution < 1.29 is 14.3 Å². The van der Waals surface area contributed by atoms with Crippen LogP contribution in [-0.2, 0) is 14.3 Å². The van der Waals surface area contributed by atoms with Gasteiger partial charge in [0.15, 0.2) is 0 Å². The van der Waals surface area contributed by atoms with E-state index in [0.29, 0.717) is 32.7 Å². The van der Waals surface area contributed by atoms with E-state index in [9.17, 15) is 9.59 Å². The number of amides is 2. The van der Waals surface area contributed by atoms with Crippen LogP contribution in [0.15, 0.2) is 0 Å². The monoisotopic (exact) mass is 271 g/mol. The molecule has 2 atom stereocenters. The molecule has 1 heterocycles. The van der Waals surface area contributed by atoms with Crippen LogP contribution in [0.5, 0.6) is 0 Å². The van der Waals surface area contributed by atoms with Gasteiger partial charge in [0.1, 0.15) is 0 Å². The van der Waals surface area contributed by atoms with Crippen LogP contribution in [0.2, 0.25) is 0 Å². The Balaban J connectivity index is 2.26. The van der Waals surface area contributed by atoms with Crippen LogP contribution in [0.25, 0.3) is 0 Å². The van der Waals surface area contributed by atoms with E-state index in [2.05, 4.69) is 22.9 Å². The maximum Gasteiger partial charge on any atom is 0.227 e. The lowest BCUT2D eigenvalue weighted by Gasteiger charge is -2.18. The van der Waals surface area contributed by atoms with E-state index in [-0.39, 0.29) is 23.8 Å². The van der Waals surface area contributed by atoms with Crippen molar-refractivity contribution in [3.05, 3.63) is 0 Å². The lowest BCUT2D eigenvalue weighted by Crippen LogP contribution is -2.44. The highest BCUT2D eigenvalue weighted by Crippen LogP contribution is 2.13. The summed E-state index contributed by atoms with van der Waals surface area (Å²) in [6.45, 7) is 6.87. The van der Waals surface area contributed by atoms with Gasteiger partial charge >= 0.3 is 0 Å². The quantitative estimate of drug-likeness (QED) is 0.563. The van der Waals surface area contributed by atoms with Crippen molar-refractivity contribution in [1.29, 1.82) is 0 Å². The van der Waals surface area contributed by atoms with Gasteiger partial charge in [-0.25, -0.2) is 0 Å². The zero-order valence-electron chi connectivity index (χ0n) is 11.8. The Hall–Kier alpha value is -1.14. The van der Waals surface area contributed by atoms with E-state index in [1.807, 2.05) is 6.92 Å². The molecule has 1 aliphatic heterocycles. The first-order valence-corrected chi connectivity index (χ1v) is 7.04. The van der Waals surface area contributed by atoms with Crippen molar-refractivity contribution in [3.8, 4) is 0 Å². The smallest absolute Gasteiger partial charge is 0.227 e. The lowest BCUT2D eigenvalue weighted by atomic mass is 10.0. The lowest BCUT2D eigenvalue weighted by molar-refractivity contribution is -0.125. The maximum atomic E-state index is 12.0. The molecule has 0 saturated carbocycles. The molecule has 0 aromatic heterocycles. The van der Waals surface area contributed by atoms with Crippen molar-refractivity contribution in [2.75, 3.05) is 32.8 Å². The zero-order valence-corrected chi connectivity index (χ0v) is 11.8. The normalized spacial score (nSPS) is 22.2. The second kappa shape index (κ2) is 8.87. The van der Waals surface area contributed by atoms with Gasteiger partial charge in [-0.15, -0.1) is 0 Å². The van der Waals surface area contributed by atoms with E-state index in [0.717, 1.165) is 13.0 Å². The second-order valence-electron chi connectivity index (χ2n) is 4.70. The Morgan fingerprint density at radius 1 is 1.16 bits per heavy atom. The van der Waals surface area contributed by atoms with Crippen LogP contribution in [0.3, 0.4) is 0 Å². The van der Waals surface area contributed by atoms with Gasteiger partial charge in [-0.2, -0.15) is 0 Å². The highest BCUT2D eigenvalue weighted by molar-refractivity contribution is 5.81. The van der Waals surface area contributed by atoms with E-state index >= 15 is 0 Å². The third-order valence-corrected chi connectivity index (χ3v) is 3.10. The third-order valence-electron chi connectivity index (χ3n) is 3.10. The Morgan fingerprint density at radius 2 is 1.95 bits per heavy atom. The first kappa shape index (κ1) is 15.9. The van der Waals surface area contributed by atoms with E-state index in [4.69, 9.17) is 4.74 Å². The molecule has 110 valence electrons. The molecule has 2 amide bonds. The molecule has 6 nitrogen and oxygen atoms in total. The summed E-state index contributed by atoms with van der Waals surface area (Å²) in [6.07, 6.45) is 1.35. The molecule has 19 heavy (non-hydrogen) atoms. The number of carbonyl (C=O) groups excluding carboxylic acids is 2. The molecule has 1 saturated heterocycles. The molecule has 0 aromatic carbocycles. The highest BCUT2D eigenvalue weighted by Gasteiger charge is 2.33. The molecule has 1 rings (SSSR count). The van der Waals surface area contributed by atoms with Crippen LogP contribution in [0, 0.1) is 5.92 Å². The van der Waals surface area contributed by atoms with Gasteiger partial charge in [0.25, 0.3) is 0 Å². The van der Waals surface area contributed by atoms with Gasteiger partial charge < -0.3 is 20.7 Å². The van der Waals surface area contributed by atoms with Crippen LogP contribution < -0.4 is 16.0 Å². The first-order chi connectivity index (χ1) is 9.19. The molecule has 0 radical (unpaired) electrons. The van der Waals surface area contributed by atoms with Gasteiger partial charge in [-0.3, -0.25) is 9.59 Å². The van der Waals surface area contributed by atoms with Crippen LogP contribution in [-0.4, -0.2) is 50.7 Å². The van der Waals surface area contributed by atoms with Crippen molar-refractivity contribution >= 4 is 11.8 Å². The van der Waals surface area contributed by atoms with Crippen molar-refractivity contribution in [2.24, 2.45) is 5.92 Å². The summed E-state index contributed by atoms with van der Waals surface area (Å²) in [5.74, 6) is -0.220. The SMILES string of the molecule is CCCNC1COCC1C(=O)NCCC(=O)NCC. The van der Waals surface area contributed by atoms with Gasteiger partial charge in [0.05, 0.1) is 19.1 Å². The fourth-order valence-corrected chi connectivity index (χ4v) is 2.06. The predicted octanol–water partition coefficient (Wildman–Crippen LogP) is -0.357. The first-order valence-electron chi connectivity index (χ1n) is 7.04. The summed E-state index contributed by atoms with van der Waals surface area (Å²) in [4.78, 5) is 23.2. The van der Waals surface area contributed by atoms with E-state index < -0.39 is 0 Å². The molecule has 1 fully saturated rings. The van der Waals surface area contributed by atoms with Gasteiger partial charge in [0.2, 0.25) is 11.8 Å². The molecule has 0 spiro atoms.